The maximum atomic E-state index is 4.72. The van der Waals surface area contributed by atoms with Gasteiger partial charge in [0.15, 0.2) is 0 Å². The van der Waals surface area contributed by atoms with Crippen molar-refractivity contribution in [1.82, 2.24) is 0 Å². The second-order valence-electron chi connectivity index (χ2n) is 5.45. The normalized spacial score (nSPS) is 12.8. The summed E-state index contributed by atoms with van der Waals surface area (Å²) in [6.07, 6.45) is 5.21. The van der Waals surface area contributed by atoms with Crippen LogP contribution in [0, 0.1) is 0 Å². The number of rotatable bonds is 3. The van der Waals surface area contributed by atoms with Gasteiger partial charge in [-0.3, -0.25) is 0 Å². The summed E-state index contributed by atoms with van der Waals surface area (Å²) in [5, 5.41) is 0. The third-order valence-corrected chi connectivity index (χ3v) is 5.83. The van der Waals surface area contributed by atoms with Gasteiger partial charge in [-0.25, -0.2) is 0 Å². The zero-order valence-electron chi connectivity index (χ0n) is 13.4. The Morgan fingerprint density at radius 1 is 0.739 bits per heavy atom. The van der Waals surface area contributed by atoms with Gasteiger partial charge >= 0.3 is 0 Å². The lowest BCUT2D eigenvalue weighted by atomic mass is 9.89. The van der Waals surface area contributed by atoms with E-state index in [1.165, 1.54) is 25.7 Å². The molecule has 0 amide bonds. The van der Waals surface area contributed by atoms with Gasteiger partial charge in [0.1, 0.15) is 0 Å². The predicted molar refractivity (Wildman–Crippen MR) is 101 cm³/mol. The predicted octanol–water partition coefficient (Wildman–Crippen LogP) is 4.10. The minimum atomic E-state index is -0.921. The van der Waals surface area contributed by atoms with Crippen molar-refractivity contribution >= 4 is 19.5 Å². The van der Waals surface area contributed by atoms with Gasteiger partial charge in [-0.05, 0) is 47.9 Å². The van der Waals surface area contributed by atoms with Crippen LogP contribution in [0.25, 0.3) is 0 Å². The van der Waals surface area contributed by atoms with Crippen molar-refractivity contribution in [2.24, 2.45) is 0 Å². The van der Waals surface area contributed by atoms with Gasteiger partial charge in [0.05, 0.1) is 0 Å². The molecule has 0 saturated heterocycles. The molecule has 0 atom stereocenters. The van der Waals surface area contributed by atoms with Crippen LogP contribution in [0.5, 0.6) is 0 Å². The molecule has 0 unspecified atom stereocenters. The highest BCUT2D eigenvalue weighted by atomic mass is 28.3. The van der Waals surface area contributed by atoms with Crippen molar-refractivity contribution in [2.75, 3.05) is 0 Å². The summed E-state index contributed by atoms with van der Waals surface area (Å²) in [6, 6.07) is 17.3. The molecule has 3 heteroatoms. The molecular formula is C20H22OSi2. The van der Waals surface area contributed by atoms with E-state index in [2.05, 4.69) is 72.2 Å². The van der Waals surface area contributed by atoms with Crippen LogP contribution < -0.4 is 0 Å². The number of hydrogen-bond donors (Lipinski definition) is 0. The Morgan fingerprint density at radius 2 is 1.04 bits per heavy atom. The molecule has 1 nitrogen and oxygen atoms in total. The Balaban J connectivity index is 0.000000126. The second kappa shape index (κ2) is 9.45. The molecule has 0 aromatic heterocycles. The molecule has 0 aliphatic heterocycles. The Labute approximate surface area is 145 Å². The van der Waals surface area contributed by atoms with Gasteiger partial charge in [-0.2, -0.15) is 0 Å². The topological polar surface area (TPSA) is 9.23 Å². The highest BCUT2D eigenvalue weighted by Gasteiger charge is 2.09. The average molecular weight is 335 g/mol. The number of aryl methyl sites for hydroxylation is 4. The molecule has 0 N–H and O–H groups in total. The van der Waals surface area contributed by atoms with Crippen molar-refractivity contribution < 1.29 is 4.12 Å². The van der Waals surface area contributed by atoms with Gasteiger partial charge in [-0.15, -0.1) is 13.2 Å². The quantitative estimate of drug-likeness (QED) is 0.768. The summed E-state index contributed by atoms with van der Waals surface area (Å²) in [5.41, 5.74) is 9.68. The molecule has 2 aliphatic rings. The summed E-state index contributed by atoms with van der Waals surface area (Å²) in [5.74, 6) is 0. The number of hydrogen-bond acceptors (Lipinski definition) is 1. The van der Waals surface area contributed by atoms with Crippen LogP contribution in [0.2, 0.25) is 0 Å². The van der Waals surface area contributed by atoms with Gasteiger partial charge in [0, 0.05) is 0 Å². The van der Waals surface area contributed by atoms with Crippen molar-refractivity contribution in [3.05, 3.63) is 95.3 Å². The van der Waals surface area contributed by atoms with Crippen LogP contribution in [0.3, 0.4) is 0 Å². The van der Waals surface area contributed by atoms with Gasteiger partial charge in [0.25, 0.3) is 9.04 Å². The molecule has 116 valence electrons. The van der Waals surface area contributed by atoms with Crippen LogP contribution in [0.4, 0.5) is 0 Å². The summed E-state index contributed by atoms with van der Waals surface area (Å²) in [6.45, 7) is 7.04. The van der Waals surface area contributed by atoms with Crippen molar-refractivity contribution in [1.29, 1.82) is 0 Å². The third-order valence-electron chi connectivity index (χ3n) is 4.08. The van der Waals surface area contributed by atoms with E-state index in [1.807, 2.05) is 0 Å². The van der Waals surface area contributed by atoms with Crippen LogP contribution in [0.15, 0.2) is 73.1 Å². The van der Waals surface area contributed by atoms with E-state index < -0.39 is 9.04 Å². The first kappa shape index (κ1) is 17.7. The monoisotopic (exact) mass is 334 g/mol. The smallest absolute Gasteiger partial charge is 0.254 e. The standard InChI is InChI=1S/2C8H8.C4H6OSi2/c2*1-2-4-8-6-5-7(8)3-1;1-3-7(4-2)5-6/h2*1-4H,5-6H2;3-4H,1-2H2. The minimum absolute atomic E-state index is 0.921. The van der Waals surface area contributed by atoms with E-state index in [-0.39, 0.29) is 0 Å². The molecule has 2 aliphatic carbocycles. The Kier molecular flexibility index (Phi) is 7.26. The molecule has 0 saturated carbocycles. The van der Waals surface area contributed by atoms with E-state index in [0.717, 1.165) is 0 Å². The first-order valence-electron chi connectivity index (χ1n) is 7.87. The first-order chi connectivity index (χ1) is 11.3. The van der Waals surface area contributed by atoms with Crippen LogP contribution in [-0.2, 0) is 29.8 Å². The van der Waals surface area contributed by atoms with Crippen molar-refractivity contribution in [3.63, 3.8) is 0 Å². The zero-order valence-corrected chi connectivity index (χ0v) is 15.4. The van der Waals surface area contributed by atoms with E-state index >= 15 is 0 Å². The summed E-state index contributed by atoms with van der Waals surface area (Å²) < 4.78 is 4.72. The van der Waals surface area contributed by atoms with Crippen LogP contribution in [-0.4, -0.2) is 19.5 Å². The molecule has 2 aromatic rings. The van der Waals surface area contributed by atoms with E-state index in [0.29, 0.717) is 0 Å². The number of benzene rings is 2. The summed E-state index contributed by atoms with van der Waals surface area (Å²) in [7, 11) is 1.96. The molecule has 0 spiro atoms. The molecule has 23 heavy (non-hydrogen) atoms. The molecule has 0 bridgehead atoms. The van der Waals surface area contributed by atoms with Gasteiger partial charge < -0.3 is 4.12 Å². The summed E-state index contributed by atoms with van der Waals surface area (Å²) in [4.78, 5) is 0. The lowest BCUT2D eigenvalue weighted by molar-refractivity contribution is 0.659. The Morgan fingerprint density at radius 3 is 1.13 bits per heavy atom. The van der Waals surface area contributed by atoms with Crippen molar-refractivity contribution in [3.8, 4) is 0 Å². The molecular weight excluding hydrogens is 312 g/mol. The largest absolute Gasteiger partial charge is 0.451 e. The Bertz CT molecular complexity index is 550. The lowest BCUT2D eigenvalue weighted by Gasteiger charge is -2.16. The van der Waals surface area contributed by atoms with Crippen molar-refractivity contribution in [2.45, 2.75) is 25.7 Å². The molecule has 0 fully saturated rings. The maximum absolute atomic E-state index is 4.72. The molecule has 4 radical (unpaired) electrons. The van der Waals surface area contributed by atoms with Crippen LogP contribution >= 0.6 is 0 Å². The number of fused-ring (bicyclic) bond motifs is 2. The highest BCUT2D eigenvalue weighted by molar-refractivity contribution is 6.65. The average Bonchev–Trinajstić information content (AvgIpc) is 2.53. The summed E-state index contributed by atoms with van der Waals surface area (Å²) >= 11 is 0. The van der Waals surface area contributed by atoms with E-state index in [4.69, 9.17) is 4.12 Å². The Hall–Kier alpha value is -1.69. The van der Waals surface area contributed by atoms with Gasteiger partial charge in [0.2, 0.25) is 10.5 Å². The minimum Gasteiger partial charge on any atom is -0.451 e. The molecule has 0 heterocycles. The second-order valence-corrected chi connectivity index (χ2v) is 7.89. The van der Waals surface area contributed by atoms with E-state index in [9.17, 15) is 0 Å². The molecule has 2 aromatic carbocycles. The van der Waals surface area contributed by atoms with E-state index in [1.54, 1.807) is 33.7 Å². The maximum Gasteiger partial charge on any atom is 0.254 e. The fourth-order valence-electron chi connectivity index (χ4n) is 2.44. The lowest BCUT2D eigenvalue weighted by Crippen LogP contribution is -2.08. The zero-order chi connectivity index (χ0) is 16.5. The molecule has 4 rings (SSSR count). The SMILES string of the molecule is C=C[Si](C=C)O[Si].c1ccc2c(c1)CC2.c1ccc2c(c1)CC2. The fraction of sp³-hybridized carbons (Fsp3) is 0.200. The highest BCUT2D eigenvalue weighted by Crippen LogP contribution is 2.21. The fourth-order valence-corrected chi connectivity index (χ4v) is 3.28. The first-order valence-corrected chi connectivity index (χ1v) is 9.84. The third kappa shape index (κ3) is 5.17. The van der Waals surface area contributed by atoms with Gasteiger partial charge in [-0.1, -0.05) is 59.9 Å². The van der Waals surface area contributed by atoms with Crippen LogP contribution in [0.1, 0.15) is 22.3 Å².